The molecule has 0 N–H and O–H groups in total. The summed E-state index contributed by atoms with van der Waals surface area (Å²) in [5, 5.41) is 9.74. The van der Waals surface area contributed by atoms with Crippen molar-refractivity contribution in [1.29, 1.82) is 5.26 Å². The third-order valence-corrected chi connectivity index (χ3v) is 10.6. The fraction of sp³-hybridized carbons (Fsp3) is 0.852. The van der Waals surface area contributed by atoms with Crippen molar-refractivity contribution in [2.45, 2.75) is 110 Å². The maximum Gasteiger partial charge on any atom is 0.154 e. The lowest BCUT2D eigenvalue weighted by Crippen LogP contribution is -2.51. The number of hydrogen-bond donors (Lipinski definition) is 0. The van der Waals surface area contributed by atoms with Crippen molar-refractivity contribution in [3.63, 3.8) is 0 Å². The van der Waals surface area contributed by atoms with Gasteiger partial charge in [-0.15, -0.1) is 0 Å². The van der Waals surface area contributed by atoms with Crippen molar-refractivity contribution < 1.29 is 9.53 Å². The maximum absolute atomic E-state index is 12.3. The van der Waals surface area contributed by atoms with Crippen LogP contribution in [0.15, 0.2) is 11.6 Å². The standard InChI is InChI=1S/C27H39NO2/c1-18(29)22-8-9-23-21-7-6-19-16-20(30-27(17-28)12-4-5-13-27)10-14-25(19,2)24(21)11-15-26(22,23)3/h6,20-24H,4-5,7-16H2,1-3H3/t20-,21-,22+,23-,24-,25-,26+/m0/s1. The number of nitrogens with zero attached hydrogens (tertiary/aromatic N) is 1. The second-order valence-electron chi connectivity index (χ2n) is 11.8. The molecule has 164 valence electrons. The molecule has 30 heavy (non-hydrogen) atoms. The molecule has 0 spiro atoms. The van der Waals surface area contributed by atoms with E-state index in [0.29, 0.717) is 23.0 Å². The van der Waals surface area contributed by atoms with E-state index in [1.165, 1.54) is 32.1 Å². The largest absolute Gasteiger partial charge is 0.357 e. The average molecular weight is 410 g/mol. The number of fused-ring (bicyclic) bond motifs is 5. The number of carbonyl (C=O) groups excluding carboxylic acids is 1. The highest BCUT2D eigenvalue weighted by Gasteiger charge is 2.59. The number of carbonyl (C=O) groups is 1. The van der Waals surface area contributed by atoms with E-state index in [2.05, 4.69) is 26.0 Å². The van der Waals surface area contributed by atoms with Gasteiger partial charge in [0.25, 0.3) is 0 Å². The summed E-state index contributed by atoms with van der Waals surface area (Å²) in [6, 6.07) is 2.52. The highest BCUT2D eigenvalue weighted by atomic mass is 16.5. The van der Waals surface area contributed by atoms with Crippen LogP contribution >= 0.6 is 0 Å². The molecule has 3 heteroatoms. The van der Waals surface area contributed by atoms with E-state index >= 15 is 0 Å². The Labute approximate surface area is 182 Å². The Morgan fingerprint density at radius 3 is 2.53 bits per heavy atom. The van der Waals surface area contributed by atoms with E-state index in [1.54, 1.807) is 5.57 Å². The number of nitriles is 1. The van der Waals surface area contributed by atoms with Crippen LogP contribution in [0.4, 0.5) is 0 Å². The Hall–Kier alpha value is -1.14. The summed E-state index contributed by atoms with van der Waals surface area (Å²) in [5.41, 5.74) is 1.65. The van der Waals surface area contributed by atoms with Crippen LogP contribution in [0.5, 0.6) is 0 Å². The lowest BCUT2D eigenvalue weighted by molar-refractivity contribution is -0.128. The number of hydrogen-bond acceptors (Lipinski definition) is 3. The monoisotopic (exact) mass is 409 g/mol. The Bertz CT molecular complexity index is 787. The van der Waals surface area contributed by atoms with Crippen LogP contribution in [0, 0.1) is 45.8 Å². The first-order valence-corrected chi connectivity index (χ1v) is 12.6. The number of Topliss-reactive ketones (excluding diaryl/α,β-unsaturated/α-hetero) is 1. The van der Waals surface area contributed by atoms with Crippen molar-refractivity contribution in [3.8, 4) is 6.07 Å². The molecule has 0 radical (unpaired) electrons. The summed E-state index contributed by atoms with van der Waals surface area (Å²) in [6.45, 7) is 6.79. The Kier molecular flexibility index (Phi) is 4.97. The molecule has 5 rings (SSSR count). The third kappa shape index (κ3) is 2.96. The lowest BCUT2D eigenvalue weighted by Gasteiger charge is -2.58. The smallest absolute Gasteiger partial charge is 0.154 e. The minimum Gasteiger partial charge on any atom is -0.357 e. The van der Waals surface area contributed by atoms with Gasteiger partial charge in [0.05, 0.1) is 12.2 Å². The van der Waals surface area contributed by atoms with Gasteiger partial charge >= 0.3 is 0 Å². The second-order valence-corrected chi connectivity index (χ2v) is 11.8. The van der Waals surface area contributed by atoms with Gasteiger partial charge in [-0.3, -0.25) is 4.79 Å². The minimum absolute atomic E-state index is 0.223. The molecular weight excluding hydrogens is 370 g/mol. The number of allylic oxidation sites excluding steroid dienone is 1. The quantitative estimate of drug-likeness (QED) is 0.508. The molecule has 0 aromatic heterocycles. The predicted octanol–water partition coefficient (Wildman–Crippen LogP) is 6.38. The van der Waals surface area contributed by atoms with E-state index in [1.807, 2.05) is 6.92 Å². The minimum atomic E-state index is -0.506. The fourth-order valence-corrected chi connectivity index (χ4v) is 8.92. The zero-order valence-corrected chi connectivity index (χ0v) is 19.2. The Balaban J connectivity index is 1.35. The van der Waals surface area contributed by atoms with Crippen molar-refractivity contribution in [2.75, 3.05) is 0 Å². The van der Waals surface area contributed by atoms with Gasteiger partial charge in [-0.25, -0.2) is 0 Å². The van der Waals surface area contributed by atoms with Crippen LogP contribution in [0.2, 0.25) is 0 Å². The van der Waals surface area contributed by atoms with Gasteiger partial charge in [0.1, 0.15) is 5.78 Å². The highest BCUT2D eigenvalue weighted by Crippen LogP contribution is 2.66. The average Bonchev–Trinajstić information content (AvgIpc) is 3.32. The molecule has 0 saturated heterocycles. The SMILES string of the molecule is CC(=O)[C@H]1CC[C@H]2[C@@H]3CC=C4C[C@@H](OC5(C#N)CCCC5)CC[C@]4(C)[C@H]3CC[C@]12C. The van der Waals surface area contributed by atoms with E-state index in [9.17, 15) is 10.1 Å². The van der Waals surface area contributed by atoms with Crippen molar-refractivity contribution >= 4 is 5.78 Å². The Morgan fingerprint density at radius 1 is 1.07 bits per heavy atom. The van der Waals surface area contributed by atoms with E-state index < -0.39 is 5.60 Å². The van der Waals surface area contributed by atoms with E-state index in [0.717, 1.165) is 56.8 Å². The molecule has 3 nitrogen and oxygen atoms in total. The molecule has 7 atom stereocenters. The summed E-state index contributed by atoms with van der Waals surface area (Å²) in [6.07, 6.45) is 16.3. The van der Waals surface area contributed by atoms with E-state index in [-0.39, 0.29) is 11.5 Å². The van der Waals surface area contributed by atoms with Crippen LogP contribution < -0.4 is 0 Å². The van der Waals surface area contributed by atoms with Gasteiger partial charge in [-0.2, -0.15) is 5.26 Å². The molecule has 4 saturated carbocycles. The fourth-order valence-electron chi connectivity index (χ4n) is 8.92. The molecular formula is C27H39NO2. The van der Waals surface area contributed by atoms with Crippen LogP contribution in [-0.2, 0) is 9.53 Å². The zero-order valence-electron chi connectivity index (χ0n) is 19.2. The van der Waals surface area contributed by atoms with Gasteiger partial charge < -0.3 is 4.74 Å². The normalized spacial score (nSPS) is 46.9. The summed E-state index contributed by atoms with van der Waals surface area (Å²) in [7, 11) is 0. The van der Waals surface area contributed by atoms with Gasteiger partial charge in [0, 0.05) is 5.92 Å². The third-order valence-electron chi connectivity index (χ3n) is 10.6. The van der Waals surface area contributed by atoms with Gasteiger partial charge in [-0.05, 0) is 113 Å². The number of ketones is 1. The molecule has 0 aromatic carbocycles. The van der Waals surface area contributed by atoms with Gasteiger partial charge in [0.2, 0.25) is 0 Å². The van der Waals surface area contributed by atoms with Crippen molar-refractivity contribution in [2.24, 2.45) is 34.5 Å². The maximum atomic E-state index is 12.3. The van der Waals surface area contributed by atoms with Crippen LogP contribution in [0.1, 0.15) is 97.8 Å². The molecule has 0 unspecified atom stereocenters. The van der Waals surface area contributed by atoms with Crippen LogP contribution in [0.3, 0.4) is 0 Å². The van der Waals surface area contributed by atoms with Crippen LogP contribution in [-0.4, -0.2) is 17.5 Å². The summed E-state index contributed by atoms with van der Waals surface area (Å²) < 4.78 is 6.51. The van der Waals surface area contributed by atoms with Crippen molar-refractivity contribution in [3.05, 3.63) is 11.6 Å². The number of ether oxygens (including phenoxy) is 1. The molecule has 0 heterocycles. The zero-order chi connectivity index (χ0) is 21.1. The molecule has 0 bridgehead atoms. The molecule has 5 aliphatic carbocycles. The first kappa shape index (κ1) is 20.7. The Morgan fingerprint density at radius 2 is 1.83 bits per heavy atom. The summed E-state index contributed by atoms with van der Waals surface area (Å²) in [5.74, 6) is 2.94. The topological polar surface area (TPSA) is 50.1 Å². The molecule has 4 fully saturated rings. The molecule has 5 aliphatic rings. The highest BCUT2D eigenvalue weighted by molar-refractivity contribution is 5.79. The lowest BCUT2D eigenvalue weighted by atomic mass is 9.47. The molecule has 0 aromatic rings. The van der Waals surface area contributed by atoms with Gasteiger partial charge in [-0.1, -0.05) is 25.5 Å². The molecule has 0 aliphatic heterocycles. The van der Waals surface area contributed by atoms with Crippen LogP contribution in [0.25, 0.3) is 0 Å². The second kappa shape index (κ2) is 7.19. The van der Waals surface area contributed by atoms with Crippen molar-refractivity contribution in [1.82, 2.24) is 0 Å². The summed E-state index contributed by atoms with van der Waals surface area (Å²) >= 11 is 0. The summed E-state index contributed by atoms with van der Waals surface area (Å²) in [4.78, 5) is 12.3. The molecule has 0 amide bonds. The van der Waals surface area contributed by atoms with E-state index in [4.69, 9.17) is 4.74 Å². The first-order chi connectivity index (χ1) is 14.3. The number of rotatable bonds is 3. The van der Waals surface area contributed by atoms with Gasteiger partial charge in [0.15, 0.2) is 5.60 Å². The first-order valence-electron chi connectivity index (χ1n) is 12.6. The predicted molar refractivity (Wildman–Crippen MR) is 118 cm³/mol.